The molecule has 0 unspecified atom stereocenters. The van der Waals surface area contributed by atoms with E-state index in [9.17, 15) is 0 Å². The first-order chi connectivity index (χ1) is 14.5. The summed E-state index contributed by atoms with van der Waals surface area (Å²) in [5.41, 5.74) is 5.02. The van der Waals surface area contributed by atoms with Gasteiger partial charge >= 0.3 is 0 Å². The second kappa shape index (κ2) is 7.25. The molecule has 1 heteroatoms. The molecule has 0 amide bonds. The van der Waals surface area contributed by atoms with Crippen molar-refractivity contribution in [3.05, 3.63) is 90.1 Å². The lowest BCUT2D eigenvalue weighted by Gasteiger charge is -2.16. The van der Waals surface area contributed by atoms with Crippen molar-refractivity contribution in [1.29, 1.82) is 0 Å². The van der Waals surface area contributed by atoms with Crippen LogP contribution in [0.15, 0.2) is 79.0 Å². The summed E-state index contributed by atoms with van der Waals surface area (Å²) in [6, 6.07) is 26.8. The SMILES string of the molecule is CC(C)c1ccc2c(-c3cc(C(C)C)c4c(ccc5ccccc54)c3)nccc2c1. The molecule has 0 aliphatic carbocycles. The van der Waals surface area contributed by atoms with Crippen LogP contribution in [0.5, 0.6) is 0 Å². The third-order valence-corrected chi connectivity index (χ3v) is 6.22. The molecular weight excluding hydrogens is 362 g/mol. The van der Waals surface area contributed by atoms with Gasteiger partial charge < -0.3 is 0 Å². The molecule has 0 atom stereocenters. The third-order valence-electron chi connectivity index (χ3n) is 6.22. The predicted octanol–water partition coefficient (Wildman–Crippen LogP) is 8.46. The van der Waals surface area contributed by atoms with Crippen molar-refractivity contribution >= 4 is 32.3 Å². The molecule has 5 rings (SSSR count). The average Bonchev–Trinajstić information content (AvgIpc) is 2.77. The second-order valence-corrected chi connectivity index (χ2v) is 8.90. The van der Waals surface area contributed by atoms with E-state index >= 15 is 0 Å². The number of pyridine rings is 1. The summed E-state index contributed by atoms with van der Waals surface area (Å²) in [5.74, 6) is 0.952. The minimum absolute atomic E-state index is 0.431. The highest BCUT2D eigenvalue weighted by atomic mass is 14.7. The fourth-order valence-electron chi connectivity index (χ4n) is 4.56. The van der Waals surface area contributed by atoms with Gasteiger partial charge in [0.2, 0.25) is 0 Å². The molecule has 1 nitrogen and oxygen atoms in total. The lowest BCUT2D eigenvalue weighted by molar-refractivity contribution is 0.869. The van der Waals surface area contributed by atoms with Crippen LogP contribution in [0.2, 0.25) is 0 Å². The normalized spacial score (nSPS) is 11.9. The van der Waals surface area contributed by atoms with Crippen LogP contribution in [0.25, 0.3) is 43.6 Å². The van der Waals surface area contributed by atoms with Gasteiger partial charge in [0, 0.05) is 17.1 Å². The Morgan fingerprint density at radius 3 is 2.23 bits per heavy atom. The molecule has 1 heterocycles. The van der Waals surface area contributed by atoms with Crippen molar-refractivity contribution in [2.75, 3.05) is 0 Å². The lowest BCUT2D eigenvalue weighted by atomic mass is 9.88. The minimum Gasteiger partial charge on any atom is -0.256 e. The number of benzene rings is 4. The second-order valence-electron chi connectivity index (χ2n) is 8.90. The molecule has 0 spiro atoms. The molecule has 0 fully saturated rings. The molecule has 0 saturated carbocycles. The van der Waals surface area contributed by atoms with Crippen LogP contribution in [0.1, 0.15) is 50.7 Å². The molecule has 148 valence electrons. The van der Waals surface area contributed by atoms with Crippen LogP contribution in [0, 0.1) is 0 Å². The molecule has 5 aromatic rings. The minimum atomic E-state index is 0.431. The largest absolute Gasteiger partial charge is 0.256 e. The van der Waals surface area contributed by atoms with Gasteiger partial charge in [-0.05, 0) is 68.1 Å². The Morgan fingerprint density at radius 2 is 1.43 bits per heavy atom. The summed E-state index contributed by atoms with van der Waals surface area (Å²) < 4.78 is 0. The molecule has 4 aromatic carbocycles. The lowest BCUT2D eigenvalue weighted by Crippen LogP contribution is -1.95. The zero-order valence-electron chi connectivity index (χ0n) is 18.1. The zero-order chi connectivity index (χ0) is 20.8. The molecule has 0 N–H and O–H groups in total. The summed E-state index contributed by atoms with van der Waals surface area (Å²) in [5, 5.41) is 7.76. The summed E-state index contributed by atoms with van der Waals surface area (Å²) in [6.07, 6.45) is 1.95. The van der Waals surface area contributed by atoms with Gasteiger partial charge in [-0.3, -0.25) is 4.98 Å². The van der Waals surface area contributed by atoms with Crippen LogP contribution >= 0.6 is 0 Å². The highest BCUT2D eigenvalue weighted by molar-refractivity contribution is 6.11. The Labute approximate surface area is 178 Å². The van der Waals surface area contributed by atoms with Gasteiger partial charge in [0.15, 0.2) is 0 Å². The smallest absolute Gasteiger partial charge is 0.0780 e. The first kappa shape index (κ1) is 18.8. The van der Waals surface area contributed by atoms with Crippen molar-refractivity contribution in [1.82, 2.24) is 4.98 Å². The first-order valence-corrected chi connectivity index (χ1v) is 10.9. The Morgan fingerprint density at radius 1 is 0.633 bits per heavy atom. The Balaban J connectivity index is 1.81. The first-order valence-electron chi connectivity index (χ1n) is 10.9. The average molecular weight is 390 g/mol. The number of nitrogens with zero attached hydrogens (tertiary/aromatic N) is 1. The molecule has 0 saturated heterocycles. The maximum Gasteiger partial charge on any atom is 0.0780 e. The van der Waals surface area contributed by atoms with Crippen molar-refractivity contribution < 1.29 is 0 Å². The van der Waals surface area contributed by atoms with E-state index in [1.54, 1.807) is 0 Å². The van der Waals surface area contributed by atoms with E-state index in [1.165, 1.54) is 49.0 Å². The summed E-state index contributed by atoms with van der Waals surface area (Å²) in [7, 11) is 0. The molecule has 30 heavy (non-hydrogen) atoms. The van der Waals surface area contributed by atoms with Gasteiger partial charge in [0.1, 0.15) is 0 Å². The zero-order valence-corrected chi connectivity index (χ0v) is 18.1. The summed E-state index contributed by atoms with van der Waals surface area (Å²) >= 11 is 0. The van der Waals surface area contributed by atoms with E-state index in [1.807, 2.05) is 6.20 Å². The molecule has 0 radical (unpaired) electrons. The van der Waals surface area contributed by atoms with Gasteiger partial charge in [-0.1, -0.05) is 82.3 Å². The quantitative estimate of drug-likeness (QED) is 0.282. The van der Waals surface area contributed by atoms with Crippen LogP contribution in [-0.4, -0.2) is 4.98 Å². The van der Waals surface area contributed by atoms with E-state index in [2.05, 4.69) is 100 Å². The Hall–Kier alpha value is -3.19. The van der Waals surface area contributed by atoms with Crippen LogP contribution in [-0.2, 0) is 0 Å². The van der Waals surface area contributed by atoms with Crippen LogP contribution in [0.3, 0.4) is 0 Å². The highest BCUT2D eigenvalue weighted by Gasteiger charge is 2.14. The van der Waals surface area contributed by atoms with Crippen LogP contribution in [0.4, 0.5) is 0 Å². The maximum absolute atomic E-state index is 4.82. The molecule has 0 aliphatic heterocycles. The van der Waals surface area contributed by atoms with Crippen LogP contribution < -0.4 is 0 Å². The molecule has 0 aliphatic rings. The van der Waals surface area contributed by atoms with Gasteiger partial charge in [0.25, 0.3) is 0 Å². The van der Waals surface area contributed by atoms with E-state index in [0.29, 0.717) is 11.8 Å². The van der Waals surface area contributed by atoms with Gasteiger partial charge in [-0.25, -0.2) is 0 Å². The van der Waals surface area contributed by atoms with Crippen molar-refractivity contribution in [2.24, 2.45) is 0 Å². The van der Waals surface area contributed by atoms with E-state index < -0.39 is 0 Å². The molecule has 0 bridgehead atoms. The fourth-order valence-corrected chi connectivity index (χ4v) is 4.56. The number of hydrogen-bond donors (Lipinski definition) is 0. The molecule has 1 aromatic heterocycles. The number of rotatable bonds is 3. The van der Waals surface area contributed by atoms with E-state index in [0.717, 1.165) is 5.69 Å². The molecular formula is C29H27N. The van der Waals surface area contributed by atoms with Gasteiger partial charge in [-0.15, -0.1) is 0 Å². The maximum atomic E-state index is 4.82. The van der Waals surface area contributed by atoms with Crippen molar-refractivity contribution in [3.8, 4) is 11.3 Å². The predicted molar refractivity (Wildman–Crippen MR) is 130 cm³/mol. The van der Waals surface area contributed by atoms with E-state index in [-0.39, 0.29) is 0 Å². The number of hydrogen-bond acceptors (Lipinski definition) is 1. The summed E-state index contributed by atoms with van der Waals surface area (Å²) in [4.78, 5) is 4.82. The van der Waals surface area contributed by atoms with E-state index in [4.69, 9.17) is 4.98 Å². The number of fused-ring (bicyclic) bond motifs is 4. The topological polar surface area (TPSA) is 12.9 Å². The Kier molecular flexibility index (Phi) is 4.55. The van der Waals surface area contributed by atoms with Crippen molar-refractivity contribution in [3.63, 3.8) is 0 Å². The van der Waals surface area contributed by atoms with Crippen molar-refractivity contribution in [2.45, 2.75) is 39.5 Å². The third kappa shape index (κ3) is 3.06. The van der Waals surface area contributed by atoms with Gasteiger partial charge in [-0.2, -0.15) is 0 Å². The number of aromatic nitrogens is 1. The highest BCUT2D eigenvalue weighted by Crippen LogP contribution is 2.37. The Bertz CT molecular complexity index is 1390. The summed E-state index contributed by atoms with van der Waals surface area (Å²) in [6.45, 7) is 9.05. The van der Waals surface area contributed by atoms with Gasteiger partial charge in [0.05, 0.1) is 5.69 Å². The fraction of sp³-hybridized carbons (Fsp3) is 0.207. The monoisotopic (exact) mass is 389 g/mol. The standard InChI is InChI=1S/C29H27N/c1-18(2)21-11-12-26-22(15-21)13-14-30-29(26)24-16-23-10-9-20-7-5-6-8-25(20)28(23)27(17-24)19(3)4/h5-19H,1-4H3.